The van der Waals surface area contributed by atoms with E-state index in [9.17, 15) is 21.6 Å². The van der Waals surface area contributed by atoms with Crippen LogP contribution in [0.4, 0.5) is 13.2 Å². The molecule has 0 N–H and O–H groups in total. The van der Waals surface area contributed by atoms with Crippen LogP contribution in [0, 0.1) is 17.5 Å². The summed E-state index contributed by atoms with van der Waals surface area (Å²) < 4.78 is 68.3. The zero-order chi connectivity index (χ0) is 20.6. The van der Waals surface area contributed by atoms with E-state index in [-0.39, 0.29) is 19.0 Å². The van der Waals surface area contributed by atoms with Crippen LogP contribution >= 0.6 is 11.3 Å². The van der Waals surface area contributed by atoms with Crippen LogP contribution in [0.2, 0.25) is 0 Å². The van der Waals surface area contributed by atoms with Gasteiger partial charge in [0.1, 0.15) is 27.4 Å². The normalized spacial score (nSPS) is 18.1. The number of halogens is 3. The van der Waals surface area contributed by atoms with Gasteiger partial charge in [0.25, 0.3) is 0 Å². The first-order valence-electron chi connectivity index (χ1n) is 8.90. The van der Waals surface area contributed by atoms with E-state index in [0.717, 1.165) is 16.4 Å². The molecular formula is C19H16F3N3O2S2. The Balaban J connectivity index is 1.59. The van der Waals surface area contributed by atoms with Crippen molar-refractivity contribution in [3.8, 4) is 10.6 Å². The van der Waals surface area contributed by atoms with Crippen molar-refractivity contribution >= 4 is 21.4 Å². The number of hydrogen-bond donors (Lipinski definition) is 0. The summed E-state index contributed by atoms with van der Waals surface area (Å²) >= 11 is 1.20. The van der Waals surface area contributed by atoms with Crippen LogP contribution in [-0.4, -0.2) is 36.0 Å². The Morgan fingerprint density at radius 1 is 1.03 bits per heavy atom. The first-order chi connectivity index (χ1) is 13.9. The number of nitrogens with zero attached hydrogens (tertiary/aromatic N) is 3. The van der Waals surface area contributed by atoms with Gasteiger partial charge in [-0.25, -0.2) is 21.6 Å². The zero-order valence-electron chi connectivity index (χ0n) is 15.1. The molecule has 1 unspecified atom stereocenters. The minimum Gasteiger partial charge on any atom is -0.207 e. The van der Waals surface area contributed by atoms with Crippen LogP contribution in [0.5, 0.6) is 0 Å². The van der Waals surface area contributed by atoms with E-state index < -0.39 is 32.4 Å². The van der Waals surface area contributed by atoms with E-state index in [1.807, 2.05) is 0 Å². The summed E-state index contributed by atoms with van der Waals surface area (Å²) in [6, 6.07) is 8.57. The number of hydrogen-bond acceptors (Lipinski definition) is 5. The molecule has 1 atom stereocenters. The van der Waals surface area contributed by atoms with Crippen molar-refractivity contribution < 1.29 is 21.6 Å². The second-order valence-corrected chi connectivity index (χ2v) is 9.62. The number of aromatic nitrogens is 2. The highest BCUT2D eigenvalue weighted by atomic mass is 32.2. The highest BCUT2D eigenvalue weighted by Crippen LogP contribution is 2.35. The molecule has 1 aliphatic rings. The minimum absolute atomic E-state index is 0.0736. The fraction of sp³-hybridized carbons (Fsp3) is 0.263. The van der Waals surface area contributed by atoms with Gasteiger partial charge in [-0.05, 0) is 43.2 Å². The molecule has 0 amide bonds. The smallest absolute Gasteiger partial charge is 0.207 e. The van der Waals surface area contributed by atoms with Gasteiger partial charge in [-0.3, -0.25) is 0 Å². The van der Waals surface area contributed by atoms with Crippen LogP contribution in [0.15, 0.2) is 47.4 Å². The van der Waals surface area contributed by atoms with Crippen molar-refractivity contribution in [2.75, 3.05) is 13.1 Å². The molecule has 0 saturated carbocycles. The molecule has 10 heteroatoms. The van der Waals surface area contributed by atoms with Crippen molar-refractivity contribution in [1.29, 1.82) is 0 Å². The maximum Gasteiger partial charge on any atom is 0.246 e. The van der Waals surface area contributed by atoms with Crippen LogP contribution in [0.3, 0.4) is 0 Å². The first-order valence-corrected chi connectivity index (χ1v) is 11.2. The predicted octanol–water partition coefficient (Wildman–Crippen LogP) is 4.19. The number of benzene rings is 2. The summed E-state index contributed by atoms with van der Waals surface area (Å²) in [5.41, 5.74) is 0.332. The van der Waals surface area contributed by atoms with E-state index >= 15 is 0 Å². The van der Waals surface area contributed by atoms with Crippen molar-refractivity contribution in [3.63, 3.8) is 0 Å². The quantitative estimate of drug-likeness (QED) is 0.612. The predicted molar refractivity (Wildman–Crippen MR) is 102 cm³/mol. The third-order valence-corrected chi connectivity index (χ3v) is 7.79. The van der Waals surface area contributed by atoms with Crippen LogP contribution in [-0.2, 0) is 10.0 Å². The lowest BCUT2D eigenvalue weighted by molar-refractivity contribution is 0.313. The maximum absolute atomic E-state index is 14.0. The molecule has 0 spiro atoms. The lowest BCUT2D eigenvalue weighted by atomic mass is 10.0. The Kier molecular flexibility index (Phi) is 5.41. The third-order valence-electron chi connectivity index (χ3n) is 4.79. The van der Waals surface area contributed by atoms with Gasteiger partial charge in [0.15, 0.2) is 5.01 Å². The second kappa shape index (κ2) is 7.85. The van der Waals surface area contributed by atoms with Crippen LogP contribution in [0.1, 0.15) is 23.8 Å². The molecule has 1 aromatic heterocycles. The van der Waals surface area contributed by atoms with Crippen molar-refractivity contribution in [3.05, 3.63) is 64.9 Å². The van der Waals surface area contributed by atoms with Crippen LogP contribution < -0.4 is 0 Å². The highest BCUT2D eigenvalue weighted by molar-refractivity contribution is 7.89. The van der Waals surface area contributed by atoms with Crippen molar-refractivity contribution in [2.24, 2.45) is 0 Å². The molecule has 0 radical (unpaired) electrons. The van der Waals surface area contributed by atoms with Gasteiger partial charge in [-0.15, -0.1) is 10.2 Å². The molecule has 5 nitrogen and oxygen atoms in total. The Labute approximate surface area is 169 Å². The summed E-state index contributed by atoms with van der Waals surface area (Å²) in [7, 11) is -4.19. The molecule has 4 rings (SSSR count). The van der Waals surface area contributed by atoms with Crippen LogP contribution in [0.25, 0.3) is 10.6 Å². The van der Waals surface area contributed by atoms with E-state index in [1.165, 1.54) is 17.4 Å². The number of piperidine rings is 1. The lowest BCUT2D eigenvalue weighted by Crippen LogP contribution is -2.39. The molecular weight excluding hydrogens is 423 g/mol. The highest BCUT2D eigenvalue weighted by Gasteiger charge is 2.34. The maximum atomic E-state index is 14.0. The van der Waals surface area contributed by atoms with Gasteiger partial charge in [0.05, 0.1) is 0 Å². The molecule has 2 heterocycles. The SMILES string of the molecule is O=S(=O)(c1cc(F)ccc1F)N1CCCC(c2nnc(-c3ccccc3F)s2)C1. The molecule has 29 heavy (non-hydrogen) atoms. The van der Waals surface area contributed by atoms with Gasteiger partial charge in [-0.1, -0.05) is 23.5 Å². The largest absolute Gasteiger partial charge is 0.246 e. The summed E-state index contributed by atoms with van der Waals surface area (Å²) in [6.45, 7) is 0.276. The fourth-order valence-corrected chi connectivity index (χ4v) is 5.92. The molecule has 152 valence electrons. The molecule has 3 aromatic rings. The fourth-order valence-electron chi connectivity index (χ4n) is 3.32. The average molecular weight is 439 g/mol. The number of rotatable bonds is 4. The zero-order valence-corrected chi connectivity index (χ0v) is 16.7. The molecule has 1 aliphatic heterocycles. The topological polar surface area (TPSA) is 63.2 Å². The van der Waals surface area contributed by atoms with Gasteiger partial charge in [-0.2, -0.15) is 4.31 Å². The standard InChI is InChI=1S/C19H16F3N3O2S2/c20-13-7-8-16(22)17(10-13)29(26,27)25-9-3-4-12(11-25)18-23-24-19(28-18)14-5-1-2-6-15(14)21/h1-2,5-8,10,12H,3-4,9,11H2. The average Bonchev–Trinajstić information content (AvgIpc) is 3.20. The first kappa shape index (κ1) is 20.0. The Morgan fingerprint density at radius 2 is 1.83 bits per heavy atom. The second-order valence-electron chi connectivity index (χ2n) is 6.70. The summed E-state index contributed by atoms with van der Waals surface area (Å²) in [6.07, 6.45) is 1.21. The molecule has 1 saturated heterocycles. The molecule has 0 aliphatic carbocycles. The summed E-state index contributed by atoms with van der Waals surface area (Å²) in [5, 5.41) is 9.17. The lowest BCUT2D eigenvalue weighted by Gasteiger charge is -2.30. The van der Waals surface area contributed by atoms with E-state index in [1.54, 1.807) is 18.2 Å². The van der Waals surface area contributed by atoms with E-state index in [2.05, 4.69) is 10.2 Å². The van der Waals surface area contributed by atoms with Gasteiger partial charge in [0, 0.05) is 24.6 Å². The van der Waals surface area contributed by atoms with Crippen molar-refractivity contribution in [2.45, 2.75) is 23.7 Å². The van der Waals surface area contributed by atoms with Gasteiger partial charge in [0.2, 0.25) is 10.0 Å². The Hall–Kier alpha value is -2.30. The summed E-state index contributed by atoms with van der Waals surface area (Å²) in [5.74, 6) is -2.48. The molecule has 1 fully saturated rings. The third kappa shape index (κ3) is 3.92. The monoisotopic (exact) mass is 439 g/mol. The Bertz CT molecular complexity index is 1150. The molecule has 0 bridgehead atoms. The van der Waals surface area contributed by atoms with Crippen molar-refractivity contribution in [1.82, 2.24) is 14.5 Å². The van der Waals surface area contributed by atoms with Gasteiger partial charge >= 0.3 is 0 Å². The molecule has 2 aromatic carbocycles. The summed E-state index contributed by atoms with van der Waals surface area (Å²) in [4.78, 5) is -0.678. The van der Waals surface area contributed by atoms with E-state index in [0.29, 0.717) is 34.5 Å². The van der Waals surface area contributed by atoms with E-state index in [4.69, 9.17) is 0 Å². The Morgan fingerprint density at radius 3 is 2.62 bits per heavy atom. The van der Waals surface area contributed by atoms with Gasteiger partial charge < -0.3 is 0 Å². The number of sulfonamides is 1. The minimum atomic E-state index is -4.19.